The van der Waals surface area contributed by atoms with Crippen LogP contribution in [0.15, 0.2) is 11.3 Å². The summed E-state index contributed by atoms with van der Waals surface area (Å²) in [5.74, 6) is -0.366. The summed E-state index contributed by atoms with van der Waals surface area (Å²) in [6.45, 7) is 19.1. The molecule has 1 aliphatic heterocycles. The van der Waals surface area contributed by atoms with Crippen molar-refractivity contribution in [3.05, 3.63) is 11.3 Å². The number of carbonyl (C=O) groups is 1. The second kappa shape index (κ2) is 8.61. The highest BCUT2D eigenvalue weighted by atomic mass is 28.3. The Kier molecular flexibility index (Phi) is 7.26. The second-order valence-electron chi connectivity index (χ2n) is 11.3. The van der Waals surface area contributed by atoms with Crippen molar-refractivity contribution in [1.82, 2.24) is 0 Å². The molecule has 1 saturated heterocycles. The van der Waals surface area contributed by atoms with Gasteiger partial charge in [-0.05, 0) is 43.9 Å². The lowest BCUT2D eigenvalue weighted by Crippen LogP contribution is -2.46. The fourth-order valence-electron chi connectivity index (χ4n) is 4.63. The minimum absolute atomic E-state index is 0.0720. The molecule has 1 aliphatic carbocycles. The second-order valence-corrected chi connectivity index (χ2v) is 16.3. The van der Waals surface area contributed by atoms with Crippen molar-refractivity contribution < 1.29 is 19.4 Å². The SMILES string of the molecule is C[C@@H]1CC[C@@H]([C@@H](C)C(=O)O)/C(=C\[Si](C)(C)C)[C@H]1CCC1(C)OCC(C)(C)CO1. The fraction of sp³-hybridized carbons (Fsp3) is 0.870. The number of hydrogen-bond donors (Lipinski definition) is 1. The van der Waals surface area contributed by atoms with Crippen molar-refractivity contribution >= 4 is 14.0 Å². The summed E-state index contributed by atoms with van der Waals surface area (Å²) < 4.78 is 12.3. The van der Waals surface area contributed by atoms with Crippen LogP contribution in [0.1, 0.15) is 60.3 Å². The van der Waals surface area contributed by atoms with E-state index in [2.05, 4.69) is 53.0 Å². The number of aliphatic carboxylic acids is 1. The molecule has 5 heteroatoms. The van der Waals surface area contributed by atoms with Crippen molar-refractivity contribution in [2.24, 2.45) is 29.1 Å². The third-order valence-corrected chi connectivity index (χ3v) is 7.71. The van der Waals surface area contributed by atoms with Gasteiger partial charge < -0.3 is 14.6 Å². The molecule has 0 unspecified atom stereocenters. The lowest BCUT2D eigenvalue weighted by Gasteiger charge is -2.44. The maximum absolute atomic E-state index is 11.8. The van der Waals surface area contributed by atoms with Gasteiger partial charge in [-0.1, -0.05) is 58.6 Å². The van der Waals surface area contributed by atoms with Gasteiger partial charge in [0.25, 0.3) is 0 Å². The van der Waals surface area contributed by atoms with E-state index in [0.717, 1.165) is 38.9 Å². The molecular weight excluding hydrogens is 368 g/mol. The van der Waals surface area contributed by atoms with Crippen LogP contribution in [0.2, 0.25) is 19.6 Å². The van der Waals surface area contributed by atoms with Crippen LogP contribution >= 0.6 is 0 Å². The highest BCUT2D eigenvalue weighted by Crippen LogP contribution is 2.46. The van der Waals surface area contributed by atoms with E-state index in [0.29, 0.717) is 11.8 Å². The van der Waals surface area contributed by atoms with E-state index in [1.165, 1.54) is 5.57 Å². The third kappa shape index (κ3) is 6.17. The Bertz CT molecular complexity index is 580. The van der Waals surface area contributed by atoms with Gasteiger partial charge in [-0.25, -0.2) is 0 Å². The Morgan fingerprint density at radius 2 is 1.79 bits per heavy atom. The predicted octanol–water partition coefficient (Wildman–Crippen LogP) is 5.74. The van der Waals surface area contributed by atoms with Crippen molar-refractivity contribution in [2.75, 3.05) is 13.2 Å². The van der Waals surface area contributed by atoms with Crippen LogP contribution in [0, 0.1) is 29.1 Å². The molecule has 0 aromatic carbocycles. The Hall–Kier alpha value is -0.653. The molecular formula is C23H42O4Si. The van der Waals surface area contributed by atoms with Gasteiger partial charge in [0.05, 0.1) is 27.2 Å². The van der Waals surface area contributed by atoms with E-state index in [1.807, 2.05) is 6.92 Å². The smallest absolute Gasteiger partial charge is 0.306 e. The van der Waals surface area contributed by atoms with Crippen LogP contribution in [0.3, 0.4) is 0 Å². The number of hydrogen-bond acceptors (Lipinski definition) is 3. The monoisotopic (exact) mass is 410 g/mol. The van der Waals surface area contributed by atoms with E-state index >= 15 is 0 Å². The Labute approximate surface area is 173 Å². The number of carboxylic acids is 1. The van der Waals surface area contributed by atoms with E-state index in [9.17, 15) is 9.90 Å². The number of carboxylic acid groups (broad SMARTS) is 1. The highest BCUT2D eigenvalue weighted by molar-refractivity contribution is 6.81. The number of ether oxygens (including phenoxy) is 2. The molecule has 4 atom stereocenters. The Morgan fingerprint density at radius 1 is 1.21 bits per heavy atom. The van der Waals surface area contributed by atoms with Gasteiger partial charge in [0.2, 0.25) is 0 Å². The molecule has 162 valence electrons. The fourth-order valence-corrected chi connectivity index (χ4v) is 6.06. The standard InChI is InChI=1S/C23H42O4Si/c1-16-9-10-19(17(2)21(24)25)20(13-28(6,7)8)18(16)11-12-23(5)26-14-22(3,4)15-27-23/h13,16-19H,9-12,14-15H2,1-8H3,(H,24,25)/b20-13-/t16-,17-,18+,19+/m1/s1. The average Bonchev–Trinajstić information content (AvgIpc) is 2.56. The Balaban J connectivity index is 2.21. The molecule has 2 fully saturated rings. The molecule has 0 aromatic heterocycles. The zero-order valence-electron chi connectivity index (χ0n) is 19.3. The van der Waals surface area contributed by atoms with Gasteiger partial charge in [-0.15, -0.1) is 0 Å². The normalized spacial score (nSPS) is 32.9. The first-order valence-corrected chi connectivity index (χ1v) is 14.5. The topological polar surface area (TPSA) is 55.8 Å². The van der Waals surface area contributed by atoms with E-state index in [-0.39, 0.29) is 17.3 Å². The van der Waals surface area contributed by atoms with Crippen molar-refractivity contribution in [1.29, 1.82) is 0 Å². The number of rotatable bonds is 6. The summed E-state index contributed by atoms with van der Waals surface area (Å²) in [7, 11) is -1.46. The first kappa shape index (κ1) is 23.6. The van der Waals surface area contributed by atoms with Gasteiger partial charge in [0.1, 0.15) is 0 Å². The minimum atomic E-state index is -1.46. The molecule has 0 spiro atoms. The van der Waals surface area contributed by atoms with Crippen LogP contribution in [0.4, 0.5) is 0 Å². The van der Waals surface area contributed by atoms with Crippen LogP contribution in [-0.2, 0) is 14.3 Å². The van der Waals surface area contributed by atoms with Crippen LogP contribution in [0.5, 0.6) is 0 Å². The molecule has 28 heavy (non-hydrogen) atoms. The molecule has 0 amide bonds. The lowest BCUT2D eigenvalue weighted by molar-refractivity contribution is -0.293. The van der Waals surface area contributed by atoms with E-state index in [4.69, 9.17) is 9.47 Å². The summed E-state index contributed by atoms with van der Waals surface area (Å²) in [5.41, 5.74) is 3.97. The first-order valence-electron chi connectivity index (χ1n) is 11.0. The molecule has 2 aliphatic rings. The molecule has 4 nitrogen and oxygen atoms in total. The van der Waals surface area contributed by atoms with Crippen molar-refractivity contribution in [3.8, 4) is 0 Å². The summed E-state index contributed by atoms with van der Waals surface area (Å²) in [6, 6.07) is 0. The van der Waals surface area contributed by atoms with Gasteiger partial charge >= 0.3 is 5.97 Å². The zero-order chi connectivity index (χ0) is 21.3. The van der Waals surface area contributed by atoms with E-state index in [1.54, 1.807) is 0 Å². The molecule has 0 aromatic rings. The molecule has 2 rings (SSSR count). The van der Waals surface area contributed by atoms with Crippen LogP contribution in [-0.4, -0.2) is 38.2 Å². The Morgan fingerprint density at radius 3 is 2.29 bits per heavy atom. The summed E-state index contributed by atoms with van der Waals surface area (Å²) in [5, 5.41) is 9.67. The molecule has 1 saturated carbocycles. The van der Waals surface area contributed by atoms with Crippen LogP contribution in [0.25, 0.3) is 0 Å². The van der Waals surface area contributed by atoms with Crippen molar-refractivity contribution in [3.63, 3.8) is 0 Å². The van der Waals surface area contributed by atoms with Gasteiger partial charge in [-0.2, -0.15) is 0 Å². The maximum Gasteiger partial charge on any atom is 0.306 e. The lowest BCUT2D eigenvalue weighted by atomic mass is 9.66. The van der Waals surface area contributed by atoms with Gasteiger partial charge in [-0.3, -0.25) is 4.79 Å². The molecule has 0 radical (unpaired) electrons. The minimum Gasteiger partial charge on any atom is -0.481 e. The maximum atomic E-state index is 11.8. The molecule has 1 heterocycles. The average molecular weight is 411 g/mol. The van der Waals surface area contributed by atoms with Crippen molar-refractivity contribution in [2.45, 2.75) is 85.7 Å². The first-order chi connectivity index (χ1) is 12.7. The summed E-state index contributed by atoms with van der Waals surface area (Å²) in [4.78, 5) is 11.8. The largest absolute Gasteiger partial charge is 0.481 e. The predicted molar refractivity (Wildman–Crippen MR) is 117 cm³/mol. The highest BCUT2D eigenvalue weighted by Gasteiger charge is 2.41. The summed E-state index contributed by atoms with van der Waals surface area (Å²) >= 11 is 0. The number of allylic oxidation sites excluding steroid dienone is 1. The molecule has 1 N–H and O–H groups in total. The zero-order valence-corrected chi connectivity index (χ0v) is 20.3. The third-order valence-electron chi connectivity index (χ3n) is 6.51. The summed E-state index contributed by atoms with van der Waals surface area (Å²) in [6.07, 6.45) is 3.94. The van der Waals surface area contributed by atoms with Crippen LogP contribution < -0.4 is 0 Å². The molecule has 0 bridgehead atoms. The quantitative estimate of drug-likeness (QED) is 0.567. The van der Waals surface area contributed by atoms with E-state index < -0.39 is 19.8 Å². The van der Waals surface area contributed by atoms with Gasteiger partial charge in [0.15, 0.2) is 5.79 Å². The van der Waals surface area contributed by atoms with Gasteiger partial charge in [0, 0.05) is 11.8 Å².